The number of amides is 1. The zero-order chi connectivity index (χ0) is 16.3. The summed E-state index contributed by atoms with van der Waals surface area (Å²) in [6.45, 7) is 1.90. The van der Waals surface area contributed by atoms with Crippen LogP contribution in [0.4, 0.5) is 0 Å². The van der Waals surface area contributed by atoms with Crippen molar-refractivity contribution in [2.24, 2.45) is 5.73 Å². The Bertz CT molecular complexity index is 689. The molecule has 0 saturated carbocycles. The summed E-state index contributed by atoms with van der Waals surface area (Å²) < 4.78 is 5.40. The van der Waals surface area contributed by atoms with E-state index >= 15 is 0 Å². The summed E-state index contributed by atoms with van der Waals surface area (Å²) in [4.78, 5) is 11.3. The van der Waals surface area contributed by atoms with Crippen molar-refractivity contribution in [1.29, 1.82) is 0 Å². The van der Waals surface area contributed by atoms with E-state index in [1.54, 1.807) is 7.11 Å². The van der Waals surface area contributed by atoms with Crippen LogP contribution in [-0.4, -0.2) is 26.1 Å². The van der Waals surface area contributed by atoms with E-state index in [0.717, 1.165) is 31.7 Å². The molecule has 2 aromatic rings. The summed E-state index contributed by atoms with van der Waals surface area (Å²) in [5.41, 5.74) is 8.22. The van der Waals surface area contributed by atoms with Crippen LogP contribution in [0.2, 0.25) is 0 Å². The van der Waals surface area contributed by atoms with Gasteiger partial charge in [0.25, 0.3) is 0 Å². The van der Waals surface area contributed by atoms with E-state index < -0.39 is 5.91 Å². The number of primary amides is 1. The van der Waals surface area contributed by atoms with Crippen LogP contribution >= 0.6 is 0 Å². The van der Waals surface area contributed by atoms with E-state index in [1.165, 1.54) is 11.1 Å². The Morgan fingerprint density at radius 2 is 1.96 bits per heavy atom. The van der Waals surface area contributed by atoms with Crippen molar-refractivity contribution < 1.29 is 9.53 Å². The number of ether oxygens (including phenoxy) is 1. The third-order valence-corrected chi connectivity index (χ3v) is 4.73. The standard InChI is InChI=1S/C19H22N2O2/c1-23-17-5-2-4-16(12-17)19(10-3-11-21-13-19)15-8-6-14(7-9-15)18(20)22/h2,4-9,12,21H,3,10-11,13H2,1H3,(H2,20,22). The van der Waals surface area contributed by atoms with Crippen molar-refractivity contribution in [3.63, 3.8) is 0 Å². The van der Waals surface area contributed by atoms with Crippen LogP contribution in [0.3, 0.4) is 0 Å². The number of benzene rings is 2. The average molecular weight is 310 g/mol. The molecule has 3 rings (SSSR count). The maximum atomic E-state index is 11.3. The van der Waals surface area contributed by atoms with Crippen molar-refractivity contribution >= 4 is 5.91 Å². The van der Waals surface area contributed by atoms with Gasteiger partial charge in [0.05, 0.1) is 7.11 Å². The summed E-state index contributed by atoms with van der Waals surface area (Å²) in [7, 11) is 1.69. The molecule has 120 valence electrons. The number of methoxy groups -OCH3 is 1. The molecule has 23 heavy (non-hydrogen) atoms. The first-order valence-electron chi connectivity index (χ1n) is 7.91. The zero-order valence-electron chi connectivity index (χ0n) is 13.3. The Morgan fingerprint density at radius 3 is 2.57 bits per heavy atom. The van der Waals surface area contributed by atoms with E-state index in [1.807, 2.05) is 36.4 Å². The summed E-state index contributed by atoms with van der Waals surface area (Å²) >= 11 is 0. The van der Waals surface area contributed by atoms with Crippen LogP contribution in [0.5, 0.6) is 5.75 Å². The summed E-state index contributed by atoms with van der Waals surface area (Å²) in [6.07, 6.45) is 2.16. The predicted molar refractivity (Wildman–Crippen MR) is 90.8 cm³/mol. The van der Waals surface area contributed by atoms with E-state index in [0.29, 0.717) is 5.56 Å². The van der Waals surface area contributed by atoms with Crippen LogP contribution in [0.1, 0.15) is 34.3 Å². The molecule has 0 bridgehead atoms. The molecule has 1 aliphatic rings. The summed E-state index contributed by atoms with van der Waals surface area (Å²) in [5.74, 6) is 0.468. The quantitative estimate of drug-likeness (QED) is 0.912. The molecule has 2 aromatic carbocycles. The van der Waals surface area contributed by atoms with Gasteiger partial charge in [-0.3, -0.25) is 4.79 Å². The second kappa shape index (κ2) is 6.42. The number of nitrogens with one attached hydrogen (secondary N) is 1. The van der Waals surface area contributed by atoms with Crippen LogP contribution in [0, 0.1) is 0 Å². The van der Waals surface area contributed by atoms with Gasteiger partial charge in [0.15, 0.2) is 0 Å². The highest BCUT2D eigenvalue weighted by molar-refractivity contribution is 5.92. The predicted octanol–water partition coefficient (Wildman–Crippen LogP) is 2.46. The van der Waals surface area contributed by atoms with Gasteiger partial charge in [0.1, 0.15) is 5.75 Å². The third kappa shape index (κ3) is 2.94. The van der Waals surface area contributed by atoms with E-state index in [-0.39, 0.29) is 5.41 Å². The molecule has 1 heterocycles. The molecule has 0 aromatic heterocycles. The van der Waals surface area contributed by atoms with Crippen LogP contribution in [-0.2, 0) is 5.41 Å². The van der Waals surface area contributed by atoms with Crippen LogP contribution < -0.4 is 15.8 Å². The SMILES string of the molecule is COc1cccc(C2(c3ccc(C(N)=O)cc3)CCCNC2)c1. The molecule has 1 aliphatic heterocycles. The topological polar surface area (TPSA) is 64.3 Å². The van der Waals surface area contributed by atoms with Crippen molar-refractivity contribution in [1.82, 2.24) is 5.32 Å². The monoisotopic (exact) mass is 310 g/mol. The molecule has 0 aliphatic carbocycles. The lowest BCUT2D eigenvalue weighted by atomic mass is 9.69. The van der Waals surface area contributed by atoms with Crippen molar-refractivity contribution in [2.75, 3.05) is 20.2 Å². The van der Waals surface area contributed by atoms with E-state index in [4.69, 9.17) is 10.5 Å². The maximum Gasteiger partial charge on any atom is 0.248 e. The maximum absolute atomic E-state index is 11.3. The molecule has 4 heteroatoms. The first-order chi connectivity index (χ1) is 11.2. The van der Waals surface area contributed by atoms with Gasteiger partial charge in [-0.05, 0) is 54.8 Å². The number of hydrogen-bond acceptors (Lipinski definition) is 3. The highest BCUT2D eigenvalue weighted by Crippen LogP contribution is 2.39. The minimum atomic E-state index is -0.395. The van der Waals surface area contributed by atoms with Crippen molar-refractivity contribution in [2.45, 2.75) is 18.3 Å². The molecular weight excluding hydrogens is 288 g/mol. The molecule has 1 atom stereocenters. The second-order valence-electron chi connectivity index (χ2n) is 6.04. The molecule has 0 radical (unpaired) electrons. The van der Waals surface area contributed by atoms with Crippen LogP contribution in [0.25, 0.3) is 0 Å². The zero-order valence-corrected chi connectivity index (χ0v) is 13.3. The Labute approximate surface area is 136 Å². The molecule has 4 nitrogen and oxygen atoms in total. The minimum absolute atomic E-state index is 0.108. The Kier molecular flexibility index (Phi) is 4.35. The number of nitrogens with two attached hydrogens (primary N) is 1. The highest BCUT2D eigenvalue weighted by Gasteiger charge is 2.36. The normalized spacial score (nSPS) is 20.9. The minimum Gasteiger partial charge on any atom is -0.497 e. The third-order valence-electron chi connectivity index (χ3n) is 4.73. The molecule has 3 N–H and O–H groups in total. The van der Waals surface area contributed by atoms with Gasteiger partial charge >= 0.3 is 0 Å². The first-order valence-corrected chi connectivity index (χ1v) is 7.91. The van der Waals surface area contributed by atoms with Gasteiger partial charge < -0.3 is 15.8 Å². The number of hydrogen-bond donors (Lipinski definition) is 2. The first kappa shape index (κ1) is 15.6. The fraction of sp³-hybridized carbons (Fsp3) is 0.316. The summed E-state index contributed by atoms with van der Waals surface area (Å²) in [6, 6.07) is 15.9. The molecule has 1 unspecified atom stereocenters. The van der Waals surface area contributed by atoms with Gasteiger partial charge in [-0.1, -0.05) is 24.3 Å². The van der Waals surface area contributed by atoms with Gasteiger partial charge in [0, 0.05) is 17.5 Å². The van der Waals surface area contributed by atoms with Crippen LogP contribution in [0.15, 0.2) is 48.5 Å². The molecular formula is C19H22N2O2. The number of carbonyl (C=O) groups excluding carboxylic acids is 1. The van der Waals surface area contributed by atoms with E-state index in [2.05, 4.69) is 17.4 Å². The molecule has 0 spiro atoms. The fourth-order valence-corrected chi connectivity index (χ4v) is 3.44. The van der Waals surface area contributed by atoms with Gasteiger partial charge in [-0.25, -0.2) is 0 Å². The smallest absolute Gasteiger partial charge is 0.248 e. The largest absolute Gasteiger partial charge is 0.497 e. The van der Waals surface area contributed by atoms with Crippen molar-refractivity contribution in [3.05, 3.63) is 65.2 Å². The van der Waals surface area contributed by atoms with E-state index in [9.17, 15) is 4.79 Å². The lowest BCUT2D eigenvalue weighted by Gasteiger charge is -2.39. The average Bonchev–Trinajstić information content (AvgIpc) is 2.62. The fourth-order valence-electron chi connectivity index (χ4n) is 3.44. The number of carbonyl (C=O) groups is 1. The lowest BCUT2D eigenvalue weighted by Crippen LogP contribution is -2.44. The number of rotatable bonds is 4. The number of piperidine rings is 1. The molecule has 1 amide bonds. The second-order valence-corrected chi connectivity index (χ2v) is 6.04. The molecule has 1 fully saturated rings. The Balaban J connectivity index is 2.07. The molecule has 1 saturated heterocycles. The Morgan fingerprint density at radius 1 is 1.17 bits per heavy atom. The van der Waals surface area contributed by atoms with Gasteiger partial charge in [-0.2, -0.15) is 0 Å². The van der Waals surface area contributed by atoms with Crippen molar-refractivity contribution in [3.8, 4) is 5.75 Å². The summed E-state index contributed by atoms with van der Waals surface area (Å²) in [5, 5.41) is 3.52. The lowest BCUT2D eigenvalue weighted by molar-refractivity contribution is 0.1000. The van der Waals surface area contributed by atoms with Gasteiger partial charge in [0.2, 0.25) is 5.91 Å². The highest BCUT2D eigenvalue weighted by atomic mass is 16.5. The van der Waals surface area contributed by atoms with Gasteiger partial charge in [-0.15, -0.1) is 0 Å². The Hall–Kier alpha value is -2.33.